The number of benzene rings is 2. The van der Waals surface area contributed by atoms with Crippen molar-refractivity contribution in [3.8, 4) is 0 Å². The van der Waals surface area contributed by atoms with Gasteiger partial charge in [0.25, 0.3) is 0 Å². The van der Waals surface area contributed by atoms with Crippen LogP contribution in [-0.4, -0.2) is 16.5 Å². The third-order valence-corrected chi connectivity index (χ3v) is 4.28. The number of rotatable bonds is 6. The molecule has 0 spiro atoms. The minimum atomic E-state index is 0.750. The fourth-order valence-electron chi connectivity index (χ4n) is 2.86. The Balaban J connectivity index is 1.79. The third-order valence-electron chi connectivity index (χ3n) is 4.28. The fraction of sp³-hybridized carbons (Fsp3) is 0.238. The normalized spacial score (nSPS) is 10.5. The monoisotopic (exact) mass is 332 g/mol. The average Bonchev–Trinajstić information content (AvgIpc) is 2.62. The van der Waals surface area contributed by atoms with Gasteiger partial charge in [0, 0.05) is 24.8 Å². The van der Waals surface area contributed by atoms with Crippen LogP contribution in [0.1, 0.15) is 23.6 Å². The second-order valence-corrected chi connectivity index (χ2v) is 6.12. The first-order chi connectivity index (χ1) is 12.2. The molecule has 0 bridgehead atoms. The molecule has 0 aliphatic carbocycles. The van der Waals surface area contributed by atoms with Gasteiger partial charge in [0.1, 0.15) is 18.0 Å². The van der Waals surface area contributed by atoms with Gasteiger partial charge in [-0.1, -0.05) is 36.4 Å². The zero-order valence-corrected chi connectivity index (χ0v) is 15.0. The highest BCUT2D eigenvalue weighted by Gasteiger charge is 2.10. The van der Waals surface area contributed by atoms with Crippen LogP contribution in [0.4, 0.5) is 17.3 Å². The van der Waals surface area contributed by atoms with Gasteiger partial charge in [-0.25, -0.2) is 9.97 Å². The molecule has 0 atom stereocenters. The van der Waals surface area contributed by atoms with Crippen molar-refractivity contribution in [3.63, 3.8) is 0 Å². The van der Waals surface area contributed by atoms with Crippen LogP contribution in [0.15, 0.2) is 60.9 Å². The van der Waals surface area contributed by atoms with Gasteiger partial charge in [0.15, 0.2) is 0 Å². The van der Waals surface area contributed by atoms with Gasteiger partial charge in [0.2, 0.25) is 0 Å². The lowest BCUT2D eigenvalue weighted by molar-refractivity contribution is 0.970. The Labute approximate surface area is 149 Å². The van der Waals surface area contributed by atoms with E-state index in [-0.39, 0.29) is 0 Å². The predicted molar refractivity (Wildman–Crippen MR) is 104 cm³/mol. The largest absolute Gasteiger partial charge is 0.366 e. The Morgan fingerprint density at radius 3 is 2.56 bits per heavy atom. The summed E-state index contributed by atoms with van der Waals surface area (Å²) in [6.45, 7) is 7.95. The zero-order valence-electron chi connectivity index (χ0n) is 15.0. The van der Waals surface area contributed by atoms with E-state index in [1.54, 1.807) is 6.33 Å². The molecule has 128 valence electrons. The van der Waals surface area contributed by atoms with Crippen LogP contribution in [0.5, 0.6) is 0 Å². The maximum Gasteiger partial charge on any atom is 0.138 e. The van der Waals surface area contributed by atoms with E-state index in [1.165, 1.54) is 16.7 Å². The quantitative estimate of drug-likeness (QED) is 0.699. The average molecular weight is 332 g/mol. The van der Waals surface area contributed by atoms with Crippen LogP contribution < -0.4 is 10.2 Å². The van der Waals surface area contributed by atoms with Gasteiger partial charge in [-0.2, -0.15) is 0 Å². The summed E-state index contributed by atoms with van der Waals surface area (Å²) in [5.74, 6) is 1.73. The van der Waals surface area contributed by atoms with Crippen molar-refractivity contribution < 1.29 is 0 Å². The van der Waals surface area contributed by atoms with E-state index in [2.05, 4.69) is 89.5 Å². The topological polar surface area (TPSA) is 41.0 Å². The molecular weight excluding hydrogens is 308 g/mol. The molecule has 0 aliphatic heterocycles. The summed E-state index contributed by atoms with van der Waals surface area (Å²) in [5, 5.41) is 3.41. The number of hydrogen-bond acceptors (Lipinski definition) is 4. The Hall–Kier alpha value is -2.88. The number of anilines is 3. The molecule has 1 aromatic heterocycles. The second-order valence-electron chi connectivity index (χ2n) is 6.12. The van der Waals surface area contributed by atoms with Crippen molar-refractivity contribution in [1.82, 2.24) is 9.97 Å². The Morgan fingerprint density at radius 1 is 0.960 bits per heavy atom. The van der Waals surface area contributed by atoms with Gasteiger partial charge < -0.3 is 10.2 Å². The van der Waals surface area contributed by atoms with E-state index >= 15 is 0 Å². The molecular formula is C21H24N4. The van der Waals surface area contributed by atoms with Gasteiger partial charge >= 0.3 is 0 Å². The molecule has 0 fully saturated rings. The lowest BCUT2D eigenvalue weighted by Crippen LogP contribution is -2.18. The van der Waals surface area contributed by atoms with E-state index in [4.69, 9.17) is 0 Å². The lowest BCUT2D eigenvalue weighted by Gasteiger charge is -2.22. The van der Waals surface area contributed by atoms with Crippen molar-refractivity contribution >= 4 is 17.3 Å². The molecule has 4 heteroatoms. The summed E-state index contributed by atoms with van der Waals surface area (Å²) in [7, 11) is 0. The van der Waals surface area contributed by atoms with E-state index in [9.17, 15) is 0 Å². The zero-order chi connectivity index (χ0) is 17.6. The molecule has 2 aromatic carbocycles. The number of aryl methyl sites for hydroxylation is 2. The highest BCUT2D eigenvalue weighted by molar-refractivity contribution is 5.62. The summed E-state index contributed by atoms with van der Waals surface area (Å²) in [6, 6.07) is 18.8. The van der Waals surface area contributed by atoms with Crippen LogP contribution in [0.2, 0.25) is 0 Å². The Morgan fingerprint density at radius 2 is 1.80 bits per heavy atom. The van der Waals surface area contributed by atoms with Crippen molar-refractivity contribution in [2.24, 2.45) is 0 Å². The number of hydrogen-bond donors (Lipinski definition) is 1. The maximum atomic E-state index is 4.46. The molecule has 0 saturated heterocycles. The summed E-state index contributed by atoms with van der Waals surface area (Å²) >= 11 is 0. The second kappa shape index (κ2) is 7.79. The van der Waals surface area contributed by atoms with Crippen LogP contribution in [0, 0.1) is 13.8 Å². The minimum Gasteiger partial charge on any atom is -0.366 e. The number of nitrogens with one attached hydrogen (secondary N) is 1. The molecule has 0 radical (unpaired) electrons. The maximum absolute atomic E-state index is 4.46. The molecule has 0 unspecified atom stereocenters. The standard InChI is InChI=1S/C21H24N4/c1-4-25(19-11-7-8-16(2)12-19)21-13-20(23-15-24-21)22-14-18-10-6-5-9-17(18)3/h5-13,15H,4,14H2,1-3H3,(H,22,23,24). The summed E-state index contributed by atoms with van der Waals surface area (Å²) < 4.78 is 0. The lowest BCUT2D eigenvalue weighted by atomic mass is 10.1. The van der Waals surface area contributed by atoms with Crippen LogP contribution in [0.25, 0.3) is 0 Å². The summed E-state index contributed by atoms with van der Waals surface area (Å²) in [4.78, 5) is 11.0. The van der Waals surface area contributed by atoms with Crippen molar-refractivity contribution in [1.29, 1.82) is 0 Å². The highest BCUT2D eigenvalue weighted by Crippen LogP contribution is 2.25. The first-order valence-corrected chi connectivity index (χ1v) is 8.62. The predicted octanol–water partition coefficient (Wildman–Crippen LogP) is 4.86. The minimum absolute atomic E-state index is 0.750. The van der Waals surface area contributed by atoms with E-state index in [0.29, 0.717) is 0 Å². The van der Waals surface area contributed by atoms with Crippen LogP contribution in [-0.2, 0) is 6.54 Å². The molecule has 1 heterocycles. The first kappa shape index (κ1) is 17.0. The summed E-state index contributed by atoms with van der Waals surface area (Å²) in [5.41, 5.74) is 4.93. The molecule has 0 saturated carbocycles. The van der Waals surface area contributed by atoms with Crippen molar-refractivity contribution in [2.45, 2.75) is 27.3 Å². The van der Waals surface area contributed by atoms with E-state index in [1.807, 2.05) is 6.07 Å². The summed E-state index contributed by atoms with van der Waals surface area (Å²) in [6.07, 6.45) is 1.62. The van der Waals surface area contributed by atoms with Crippen LogP contribution >= 0.6 is 0 Å². The van der Waals surface area contributed by atoms with Gasteiger partial charge in [0.05, 0.1) is 0 Å². The molecule has 3 aromatic rings. The van der Waals surface area contributed by atoms with Crippen LogP contribution in [0.3, 0.4) is 0 Å². The van der Waals surface area contributed by atoms with Gasteiger partial charge in [-0.15, -0.1) is 0 Å². The fourth-order valence-corrected chi connectivity index (χ4v) is 2.86. The van der Waals surface area contributed by atoms with Crippen molar-refractivity contribution in [3.05, 3.63) is 77.6 Å². The molecule has 25 heavy (non-hydrogen) atoms. The first-order valence-electron chi connectivity index (χ1n) is 8.62. The third kappa shape index (κ3) is 4.15. The molecule has 4 nitrogen and oxygen atoms in total. The number of aromatic nitrogens is 2. The Kier molecular flexibility index (Phi) is 5.29. The SMILES string of the molecule is CCN(c1cccc(C)c1)c1cc(NCc2ccccc2C)ncn1. The van der Waals surface area contributed by atoms with E-state index in [0.717, 1.165) is 30.4 Å². The van der Waals surface area contributed by atoms with Gasteiger partial charge in [-0.3, -0.25) is 0 Å². The smallest absolute Gasteiger partial charge is 0.138 e. The molecule has 0 aliphatic rings. The molecule has 0 amide bonds. The highest BCUT2D eigenvalue weighted by atomic mass is 15.2. The number of nitrogens with zero attached hydrogens (tertiary/aromatic N) is 3. The van der Waals surface area contributed by atoms with Crippen molar-refractivity contribution in [2.75, 3.05) is 16.8 Å². The molecule has 1 N–H and O–H groups in total. The Bertz CT molecular complexity index is 845. The molecule has 3 rings (SSSR count). The van der Waals surface area contributed by atoms with E-state index < -0.39 is 0 Å². The van der Waals surface area contributed by atoms with Gasteiger partial charge in [-0.05, 0) is 49.6 Å².